The predicted molar refractivity (Wildman–Crippen MR) is 79.8 cm³/mol. The fraction of sp³-hybridized carbons (Fsp3) is 0. The Morgan fingerprint density at radius 2 is 2.05 bits per heavy atom. The van der Waals surface area contributed by atoms with E-state index in [1.165, 1.54) is 12.3 Å². The molecule has 0 radical (unpaired) electrons. The topological polar surface area (TPSA) is 110 Å². The van der Waals surface area contributed by atoms with E-state index in [2.05, 4.69) is 36.0 Å². The molecule has 20 heavy (non-hydrogen) atoms. The molecule has 0 unspecified atom stereocenters. The van der Waals surface area contributed by atoms with E-state index in [-0.39, 0.29) is 21.6 Å². The number of hydrazine groups is 1. The van der Waals surface area contributed by atoms with Crippen LogP contribution in [0.3, 0.4) is 0 Å². The smallest absolute Gasteiger partial charge is 0.264 e. The van der Waals surface area contributed by atoms with Gasteiger partial charge in [-0.2, -0.15) is 0 Å². The van der Waals surface area contributed by atoms with Gasteiger partial charge in [0.1, 0.15) is 4.90 Å². The Kier molecular flexibility index (Phi) is 4.43. The monoisotopic (exact) mass is 377 g/mol. The number of sulfonamides is 1. The number of halogens is 2. The van der Waals surface area contributed by atoms with Gasteiger partial charge in [-0.3, -0.25) is 4.72 Å². The van der Waals surface area contributed by atoms with E-state index >= 15 is 0 Å². The third-order valence-corrected chi connectivity index (χ3v) is 4.49. The van der Waals surface area contributed by atoms with E-state index < -0.39 is 10.0 Å². The van der Waals surface area contributed by atoms with Gasteiger partial charge in [-0.15, -0.1) is 0 Å². The van der Waals surface area contributed by atoms with Crippen LogP contribution in [0.25, 0.3) is 0 Å². The van der Waals surface area contributed by atoms with Crippen molar-refractivity contribution in [2.45, 2.75) is 4.90 Å². The highest BCUT2D eigenvalue weighted by atomic mass is 79.9. The lowest BCUT2D eigenvalue weighted by Crippen LogP contribution is -2.15. The number of nitrogens with two attached hydrogens (primary N) is 1. The number of aromatic nitrogens is 2. The summed E-state index contributed by atoms with van der Waals surface area (Å²) >= 11 is 9.05. The number of nitrogens with one attached hydrogen (secondary N) is 2. The van der Waals surface area contributed by atoms with Crippen LogP contribution < -0.4 is 16.0 Å². The molecule has 7 nitrogen and oxygen atoms in total. The zero-order valence-corrected chi connectivity index (χ0v) is 13.0. The van der Waals surface area contributed by atoms with Crippen molar-refractivity contribution in [3.63, 3.8) is 0 Å². The molecule has 0 aliphatic heterocycles. The summed E-state index contributed by atoms with van der Waals surface area (Å²) in [6.07, 6.45) is 2.61. The average Bonchev–Trinajstić information content (AvgIpc) is 2.41. The maximum atomic E-state index is 12.2. The Morgan fingerprint density at radius 3 is 2.65 bits per heavy atom. The Hall–Kier alpha value is -1.42. The van der Waals surface area contributed by atoms with Gasteiger partial charge in [-0.1, -0.05) is 11.6 Å². The first-order valence-corrected chi connectivity index (χ1v) is 7.85. The number of rotatable bonds is 4. The first-order chi connectivity index (χ1) is 9.44. The largest absolute Gasteiger partial charge is 0.307 e. The maximum absolute atomic E-state index is 12.2. The lowest BCUT2D eigenvalue weighted by molar-refractivity contribution is 0.600. The minimum absolute atomic E-state index is 0.0930. The summed E-state index contributed by atoms with van der Waals surface area (Å²) in [6, 6.07) is 4.57. The Bertz CT molecular complexity index is 740. The Balaban J connectivity index is 2.36. The number of nitrogen functional groups attached to an aromatic ring is 1. The molecule has 0 amide bonds. The number of hydrogen-bond acceptors (Lipinski definition) is 6. The molecule has 0 saturated heterocycles. The summed E-state index contributed by atoms with van der Waals surface area (Å²) in [6.45, 7) is 0. The van der Waals surface area contributed by atoms with Crippen LogP contribution in [0.15, 0.2) is 40.0 Å². The molecular weight excluding hydrogens is 370 g/mol. The highest BCUT2D eigenvalue weighted by molar-refractivity contribution is 9.10. The third kappa shape index (κ3) is 3.18. The van der Waals surface area contributed by atoms with Gasteiger partial charge in [-0.05, 0) is 34.1 Å². The van der Waals surface area contributed by atoms with E-state index in [0.29, 0.717) is 4.47 Å². The minimum atomic E-state index is -3.84. The third-order valence-electron chi connectivity index (χ3n) is 2.25. The second kappa shape index (κ2) is 5.92. The van der Waals surface area contributed by atoms with Crippen molar-refractivity contribution in [1.82, 2.24) is 9.97 Å². The van der Waals surface area contributed by atoms with Crippen molar-refractivity contribution in [2.24, 2.45) is 5.84 Å². The number of anilines is 2. The van der Waals surface area contributed by atoms with Crippen LogP contribution >= 0.6 is 27.5 Å². The minimum Gasteiger partial charge on any atom is -0.307 e. The van der Waals surface area contributed by atoms with Crippen LogP contribution in [-0.4, -0.2) is 18.4 Å². The van der Waals surface area contributed by atoms with Crippen LogP contribution in [-0.2, 0) is 10.0 Å². The molecule has 0 fully saturated rings. The summed E-state index contributed by atoms with van der Waals surface area (Å²) in [5.41, 5.74) is 2.25. The SMILES string of the molecule is NNc1ncc(S(=O)(=O)Nc2ncccc2Br)cc1Cl. The summed E-state index contributed by atoms with van der Waals surface area (Å²) in [4.78, 5) is 7.63. The molecule has 0 aromatic carbocycles. The number of nitrogens with zero attached hydrogens (tertiary/aromatic N) is 2. The van der Waals surface area contributed by atoms with Crippen molar-refractivity contribution >= 4 is 49.2 Å². The standard InChI is InChI=1S/C10H9BrClN5O2S/c11-7-2-1-3-14-9(7)17-20(18,19)6-4-8(12)10(16-13)15-5-6/h1-5H,13H2,(H,14,17)(H,15,16). The highest BCUT2D eigenvalue weighted by Gasteiger charge is 2.18. The van der Waals surface area contributed by atoms with Crippen LogP contribution in [0.5, 0.6) is 0 Å². The molecule has 4 N–H and O–H groups in total. The summed E-state index contributed by atoms with van der Waals surface area (Å²) in [5, 5.41) is 0.0930. The van der Waals surface area contributed by atoms with Crippen molar-refractivity contribution in [2.75, 3.05) is 10.1 Å². The van der Waals surface area contributed by atoms with Gasteiger partial charge in [0.05, 0.1) is 9.50 Å². The Morgan fingerprint density at radius 1 is 1.30 bits per heavy atom. The van der Waals surface area contributed by atoms with Gasteiger partial charge in [0.25, 0.3) is 10.0 Å². The fourth-order valence-corrected chi connectivity index (χ4v) is 3.09. The normalized spacial score (nSPS) is 11.2. The van der Waals surface area contributed by atoms with Crippen molar-refractivity contribution in [3.05, 3.63) is 40.1 Å². The van der Waals surface area contributed by atoms with E-state index in [4.69, 9.17) is 17.4 Å². The molecule has 2 heterocycles. The van der Waals surface area contributed by atoms with Crippen molar-refractivity contribution in [1.29, 1.82) is 0 Å². The fourth-order valence-electron chi connectivity index (χ4n) is 1.32. The average molecular weight is 379 g/mol. The van der Waals surface area contributed by atoms with E-state index in [0.717, 1.165) is 6.20 Å². The maximum Gasteiger partial charge on any atom is 0.264 e. The molecule has 106 valence electrons. The van der Waals surface area contributed by atoms with E-state index in [1.807, 2.05) is 0 Å². The summed E-state index contributed by atoms with van der Waals surface area (Å²) in [5.74, 6) is 5.53. The Labute approximate surface area is 128 Å². The molecule has 2 rings (SSSR count). The number of hydrogen-bond donors (Lipinski definition) is 3. The molecule has 0 aliphatic carbocycles. The van der Waals surface area contributed by atoms with Gasteiger partial charge in [0.15, 0.2) is 11.6 Å². The molecule has 0 atom stereocenters. The molecule has 0 saturated carbocycles. The molecule has 0 bridgehead atoms. The summed E-state index contributed by atoms with van der Waals surface area (Å²) in [7, 11) is -3.84. The van der Waals surface area contributed by atoms with Gasteiger partial charge in [-0.25, -0.2) is 24.2 Å². The van der Waals surface area contributed by atoms with E-state index in [9.17, 15) is 8.42 Å². The zero-order chi connectivity index (χ0) is 14.8. The van der Waals surface area contributed by atoms with Crippen molar-refractivity contribution in [3.8, 4) is 0 Å². The molecule has 0 aliphatic rings. The van der Waals surface area contributed by atoms with E-state index in [1.54, 1.807) is 12.1 Å². The molecular formula is C10H9BrClN5O2S. The quantitative estimate of drug-likeness (QED) is 0.554. The molecule has 2 aromatic heterocycles. The molecule has 0 spiro atoms. The van der Waals surface area contributed by atoms with Crippen LogP contribution in [0.1, 0.15) is 0 Å². The lowest BCUT2D eigenvalue weighted by Gasteiger charge is -2.09. The second-order valence-electron chi connectivity index (χ2n) is 3.59. The van der Waals surface area contributed by atoms with Gasteiger partial charge >= 0.3 is 0 Å². The van der Waals surface area contributed by atoms with Gasteiger partial charge < -0.3 is 5.43 Å². The predicted octanol–water partition coefficient (Wildman–Crippen LogP) is 1.98. The van der Waals surface area contributed by atoms with Gasteiger partial charge in [0.2, 0.25) is 0 Å². The van der Waals surface area contributed by atoms with Crippen LogP contribution in [0.2, 0.25) is 5.02 Å². The van der Waals surface area contributed by atoms with Gasteiger partial charge in [0, 0.05) is 12.4 Å². The van der Waals surface area contributed by atoms with Crippen molar-refractivity contribution < 1.29 is 8.42 Å². The number of pyridine rings is 2. The second-order valence-corrected chi connectivity index (χ2v) is 6.53. The van der Waals surface area contributed by atoms with Crippen LogP contribution in [0.4, 0.5) is 11.6 Å². The zero-order valence-electron chi connectivity index (χ0n) is 9.84. The lowest BCUT2D eigenvalue weighted by atomic mass is 10.5. The first-order valence-electron chi connectivity index (χ1n) is 5.19. The highest BCUT2D eigenvalue weighted by Crippen LogP contribution is 2.25. The molecule has 10 heteroatoms. The first kappa shape index (κ1) is 15.0. The van der Waals surface area contributed by atoms with Crippen LogP contribution in [0, 0.1) is 0 Å². The summed E-state index contributed by atoms with van der Waals surface area (Å²) < 4.78 is 27.2. The molecule has 2 aromatic rings.